The van der Waals surface area contributed by atoms with Crippen LogP contribution in [0.4, 0.5) is 5.69 Å². The quantitative estimate of drug-likeness (QED) is 0.700. The van der Waals surface area contributed by atoms with Crippen molar-refractivity contribution in [3.05, 3.63) is 41.7 Å². The summed E-state index contributed by atoms with van der Waals surface area (Å²) >= 11 is 0. The lowest BCUT2D eigenvalue weighted by molar-refractivity contribution is 0.0992. The van der Waals surface area contributed by atoms with Crippen LogP contribution in [-0.4, -0.2) is 15.6 Å². The predicted octanol–water partition coefficient (Wildman–Crippen LogP) is 0.866. The van der Waals surface area contributed by atoms with Crippen LogP contribution >= 0.6 is 0 Å². The topological polar surface area (TPSA) is 94.3 Å². The number of aliphatic hydroxyl groups is 1. The summed E-state index contributed by atoms with van der Waals surface area (Å²) in [5.41, 5.74) is 14.3. The lowest BCUT2D eigenvalue weighted by Gasteiger charge is -2.08. The molecule has 1 heterocycles. The fourth-order valence-electron chi connectivity index (χ4n) is 2.01. The smallest absolute Gasteiger partial charge is 0.265 e. The molecule has 0 radical (unpaired) electrons. The molecule has 0 spiro atoms. The number of hydrogen-bond acceptors (Lipinski definition) is 3. The number of rotatable bonds is 3. The number of carbonyl (C=O) groups excluding carboxylic acids is 1. The fourth-order valence-corrected chi connectivity index (χ4v) is 2.01. The van der Waals surface area contributed by atoms with Crippen molar-refractivity contribution in [2.45, 2.75) is 6.61 Å². The Balaban J connectivity index is 2.59. The Morgan fingerprint density at radius 1 is 1.44 bits per heavy atom. The third-order valence-corrected chi connectivity index (χ3v) is 2.94. The predicted molar refractivity (Wildman–Crippen MR) is 69.7 cm³/mol. The Kier molecular flexibility index (Phi) is 3.08. The number of anilines is 1. The average molecular weight is 245 g/mol. The Bertz CT molecular complexity index is 602. The summed E-state index contributed by atoms with van der Waals surface area (Å²) in [7, 11) is 1.74. The first-order valence-electron chi connectivity index (χ1n) is 5.49. The standard InChI is InChI=1S/C13H15N3O2/c1-16-6-8(5-12(16)13(15)18)9-3-2-4-11(14)10(9)7-17/h2-6,17H,7,14H2,1H3,(H2,15,18). The highest BCUT2D eigenvalue weighted by atomic mass is 16.3. The van der Waals surface area contributed by atoms with Crippen molar-refractivity contribution in [1.82, 2.24) is 4.57 Å². The van der Waals surface area contributed by atoms with Gasteiger partial charge >= 0.3 is 0 Å². The molecule has 1 amide bonds. The van der Waals surface area contributed by atoms with Crippen molar-refractivity contribution < 1.29 is 9.90 Å². The van der Waals surface area contributed by atoms with E-state index in [0.717, 1.165) is 11.1 Å². The van der Waals surface area contributed by atoms with Crippen LogP contribution in [0.25, 0.3) is 11.1 Å². The van der Waals surface area contributed by atoms with Crippen molar-refractivity contribution in [2.75, 3.05) is 5.73 Å². The van der Waals surface area contributed by atoms with Crippen LogP contribution < -0.4 is 11.5 Å². The van der Waals surface area contributed by atoms with Gasteiger partial charge in [0.15, 0.2) is 0 Å². The van der Waals surface area contributed by atoms with E-state index in [9.17, 15) is 9.90 Å². The molecule has 0 aliphatic rings. The Hall–Kier alpha value is -2.27. The maximum Gasteiger partial charge on any atom is 0.265 e. The van der Waals surface area contributed by atoms with E-state index in [1.54, 1.807) is 36.0 Å². The molecule has 1 aromatic heterocycles. The molecule has 0 saturated carbocycles. The number of nitrogen functional groups attached to an aromatic ring is 1. The lowest BCUT2D eigenvalue weighted by atomic mass is 10.0. The van der Waals surface area contributed by atoms with Gasteiger partial charge in [-0.05, 0) is 17.7 Å². The minimum absolute atomic E-state index is 0.150. The van der Waals surface area contributed by atoms with Crippen LogP contribution in [0, 0.1) is 0 Å². The maximum atomic E-state index is 11.2. The van der Waals surface area contributed by atoms with Gasteiger partial charge in [-0.15, -0.1) is 0 Å². The zero-order chi connectivity index (χ0) is 13.3. The Morgan fingerprint density at radius 2 is 2.17 bits per heavy atom. The molecule has 0 saturated heterocycles. The molecule has 0 bridgehead atoms. The molecule has 2 rings (SSSR count). The SMILES string of the molecule is Cn1cc(-c2cccc(N)c2CO)cc1C(N)=O. The Labute approximate surface area is 105 Å². The fraction of sp³-hybridized carbons (Fsp3) is 0.154. The molecule has 0 aliphatic heterocycles. The van der Waals surface area contributed by atoms with E-state index in [-0.39, 0.29) is 6.61 Å². The number of aliphatic hydroxyl groups excluding tert-OH is 1. The molecular formula is C13H15N3O2. The summed E-state index contributed by atoms with van der Waals surface area (Å²) in [6.07, 6.45) is 1.79. The lowest BCUT2D eigenvalue weighted by Crippen LogP contribution is -2.14. The van der Waals surface area contributed by atoms with Gasteiger partial charge < -0.3 is 21.1 Å². The van der Waals surface area contributed by atoms with Gasteiger partial charge in [-0.25, -0.2) is 0 Å². The summed E-state index contributed by atoms with van der Waals surface area (Å²) in [6.45, 7) is -0.150. The van der Waals surface area contributed by atoms with Crippen LogP contribution in [0.5, 0.6) is 0 Å². The summed E-state index contributed by atoms with van der Waals surface area (Å²) in [6, 6.07) is 7.08. The molecule has 1 aromatic carbocycles. The molecule has 94 valence electrons. The van der Waals surface area contributed by atoms with E-state index in [1.807, 2.05) is 6.07 Å². The minimum atomic E-state index is -0.488. The largest absolute Gasteiger partial charge is 0.398 e. The molecule has 0 fully saturated rings. The number of primary amides is 1. The summed E-state index contributed by atoms with van der Waals surface area (Å²) in [5.74, 6) is -0.488. The van der Waals surface area contributed by atoms with Crippen LogP contribution in [-0.2, 0) is 13.7 Å². The number of aromatic nitrogens is 1. The van der Waals surface area contributed by atoms with E-state index in [1.165, 1.54) is 0 Å². The number of nitrogens with two attached hydrogens (primary N) is 2. The molecule has 0 unspecified atom stereocenters. The van der Waals surface area contributed by atoms with Crippen LogP contribution in [0.2, 0.25) is 0 Å². The van der Waals surface area contributed by atoms with Crippen molar-refractivity contribution in [1.29, 1.82) is 0 Å². The third-order valence-electron chi connectivity index (χ3n) is 2.94. The molecule has 5 nitrogen and oxygen atoms in total. The second-order valence-corrected chi connectivity index (χ2v) is 4.12. The van der Waals surface area contributed by atoms with Crippen molar-refractivity contribution in [3.63, 3.8) is 0 Å². The van der Waals surface area contributed by atoms with E-state index in [4.69, 9.17) is 11.5 Å². The minimum Gasteiger partial charge on any atom is -0.398 e. The first-order chi connectivity index (χ1) is 8.54. The van der Waals surface area contributed by atoms with Gasteiger partial charge in [-0.2, -0.15) is 0 Å². The number of benzene rings is 1. The zero-order valence-electron chi connectivity index (χ0n) is 10.1. The third kappa shape index (κ3) is 1.96. The van der Waals surface area contributed by atoms with Crippen LogP contribution in [0.1, 0.15) is 16.1 Å². The van der Waals surface area contributed by atoms with Gasteiger partial charge in [0.25, 0.3) is 5.91 Å². The van der Waals surface area contributed by atoms with Gasteiger partial charge in [0.2, 0.25) is 0 Å². The van der Waals surface area contributed by atoms with Gasteiger partial charge in [-0.1, -0.05) is 12.1 Å². The summed E-state index contributed by atoms with van der Waals surface area (Å²) in [4.78, 5) is 11.2. The maximum absolute atomic E-state index is 11.2. The van der Waals surface area contributed by atoms with Crippen LogP contribution in [0.3, 0.4) is 0 Å². The normalized spacial score (nSPS) is 10.6. The monoisotopic (exact) mass is 245 g/mol. The van der Waals surface area contributed by atoms with Crippen LogP contribution in [0.15, 0.2) is 30.5 Å². The molecular weight excluding hydrogens is 230 g/mol. The van der Waals surface area contributed by atoms with Crippen molar-refractivity contribution in [3.8, 4) is 11.1 Å². The molecule has 0 atom stereocenters. The molecule has 18 heavy (non-hydrogen) atoms. The first kappa shape index (κ1) is 12.2. The highest BCUT2D eigenvalue weighted by Crippen LogP contribution is 2.29. The summed E-state index contributed by atoms with van der Waals surface area (Å²) in [5, 5.41) is 9.37. The molecule has 2 aromatic rings. The number of nitrogens with zero attached hydrogens (tertiary/aromatic N) is 1. The first-order valence-corrected chi connectivity index (χ1v) is 5.49. The highest BCUT2D eigenvalue weighted by molar-refractivity contribution is 5.93. The molecule has 5 heteroatoms. The van der Waals surface area contributed by atoms with E-state index in [2.05, 4.69) is 0 Å². The summed E-state index contributed by atoms with van der Waals surface area (Å²) < 4.78 is 1.65. The van der Waals surface area contributed by atoms with Gasteiger partial charge in [-0.3, -0.25) is 4.79 Å². The van der Waals surface area contributed by atoms with Gasteiger partial charge in [0.1, 0.15) is 5.69 Å². The highest BCUT2D eigenvalue weighted by Gasteiger charge is 2.13. The van der Waals surface area contributed by atoms with Gasteiger partial charge in [0, 0.05) is 30.1 Å². The second kappa shape index (κ2) is 4.54. The zero-order valence-corrected chi connectivity index (χ0v) is 10.1. The van der Waals surface area contributed by atoms with Gasteiger partial charge in [0.05, 0.1) is 6.61 Å². The molecule has 0 aliphatic carbocycles. The van der Waals surface area contributed by atoms with E-state index < -0.39 is 5.91 Å². The number of aryl methyl sites for hydroxylation is 1. The average Bonchev–Trinajstić information content (AvgIpc) is 2.71. The molecule has 5 N–H and O–H groups in total. The van der Waals surface area contributed by atoms with Crippen molar-refractivity contribution >= 4 is 11.6 Å². The number of amides is 1. The Morgan fingerprint density at radius 3 is 2.72 bits per heavy atom. The number of carbonyl (C=O) groups is 1. The van der Waals surface area contributed by atoms with E-state index >= 15 is 0 Å². The van der Waals surface area contributed by atoms with E-state index in [0.29, 0.717) is 16.9 Å². The van der Waals surface area contributed by atoms with Crippen molar-refractivity contribution in [2.24, 2.45) is 12.8 Å². The second-order valence-electron chi connectivity index (χ2n) is 4.12. The number of hydrogen-bond donors (Lipinski definition) is 3.